The summed E-state index contributed by atoms with van der Waals surface area (Å²) >= 11 is 5.18. The van der Waals surface area contributed by atoms with E-state index in [1.54, 1.807) is 6.08 Å². The highest BCUT2D eigenvalue weighted by Gasteiger charge is 2.15. The van der Waals surface area contributed by atoms with Crippen LogP contribution in [-0.4, -0.2) is 14.8 Å². The molecule has 1 heterocycles. The predicted octanol–water partition coefficient (Wildman–Crippen LogP) is 3.58. The van der Waals surface area contributed by atoms with Gasteiger partial charge in [0.25, 0.3) is 0 Å². The molecular formula is C14H17N3OS. The number of aryl methyl sites for hydroxylation is 1. The van der Waals surface area contributed by atoms with Crippen molar-refractivity contribution < 1.29 is 4.74 Å². The third kappa shape index (κ3) is 3.12. The van der Waals surface area contributed by atoms with Crippen molar-refractivity contribution in [2.75, 3.05) is 0 Å². The zero-order chi connectivity index (χ0) is 13.8. The molecule has 5 heteroatoms. The summed E-state index contributed by atoms with van der Waals surface area (Å²) in [5.41, 5.74) is 1.16. The Balaban J connectivity index is 2.22. The summed E-state index contributed by atoms with van der Waals surface area (Å²) in [5.74, 6) is 1.60. The van der Waals surface area contributed by atoms with Gasteiger partial charge in [-0.1, -0.05) is 18.2 Å². The smallest absolute Gasteiger partial charge is 0.195 e. The lowest BCUT2D eigenvalue weighted by Gasteiger charge is -2.15. The van der Waals surface area contributed by atoms with Crippen molar-refractivity contribution in [1.29, 1.82) is 0 Å². The third-order valence-electron chi connectivity index (χ3n) is 2.77. The lowest BCUT2D eigenvalue weighted by molar-refractivity contribution is 0.211. The van der Waals surface area contributed by atoms with Crippen LogP contribution in [0.2, 0.25) is 0 Å². The standard InChI is InChI=1S/C14H17N3OS/c1-4-8-17-13(15-16-14(17)19)11(3)18-12-7-5-6-10(2)9-12/h4-7,9,11H,1,8H2,2-3H3,(H,16,19)/t11-/m1/s1. The average Bonchev–Trinajstić information content (AvgIpc) is 2.72. The van der Waals surface area contributed by atoms with Crippen molar-refractivity contribution in [3.8, 4) is 5.75 Å². The van der Waals surface area contributed by atoms with Crippen LogP contribution in [0.1, 0.15) is 24.4 Å². The van der Waals surface area contributed by atoms with Crippen molar-refractivity contribution >= 4 is 12.2 Å². The second kappa shape index (κ2) is 5.84. The summed E-state index contributed by atoms with van der Waals surface area (Å²) in [7, 11) is 0. The fourth-order valence-electron chi connectivity index (χ4n) is 1.89. The molecule has 0 amide bonds. The van der Waals surface area contributed by atoms with E-state index in [2.05, 4.69) is 16.8 Å². The Hall–Kier alpha value is -1.88. The molecule has 0 aliphatic carbocycles. The Morgan fingerprint density at radius 2 is 2.37 bits per heavy atom. The van der Waals surface area contributed by atoms with Gasteiger partial charge in [0.2, 0.25) is 0 Å². The number of nitrogens with zero attached hydrogens (tertiary/aromatic N) is 2. The number of aromatic amines is 1. The van der Waals surface area contributed by atoms with Gasteiger partial charge in [-0.05, 0) is 43.8 Å². The normalized spacial score (nSPS) is 12.1. The third-order valence-corrected chi connectivity index (χ3v) is 3.08. The average molecular weight is 275 g/mol. The first kappa shape index (κ1) is 13.5. The number of rotatable bonds is 5. The fraction of sp³-hybridized carbons (Fsp3) is 0.286. The second-order valence-electron chi connectivity index (χ2n) is 4.36. The largest absolute Gasteiger partial charge is 0.483 e. The first-order chi connectivity index (χ1) is 9.11. The van der Waals surface area contributed by atoms with Gasteiger partial charge in [-0.2, -0.15) is 5.10 Å². The summed E-state index contributed by atoms with van der Waals surface area (Å²) in [6.07, 6.45) is 1.60. The highest BCUT2D eigenvalue weighted by Crippen LogP contribution is 2.21. The molecule has 0 bridgehead atoms. The summed E-state index contributed by atoms with van der Waals surface area (Å²) in [6, 6.07) is 7.93. The van der Waals surface area contributed by atoms with E-state index in [0.29, 0.717) is 11.3 Å². The zero-order valence-electron chi connectivity index (χ0n) is 11.1. The van der Waals surface area contributed by atoms with E-state index in [9.17, 15) is 0 Å². The monoisotopic (exact) mass is 275 g/mol. The van der Waals surface area contributed by atoms with E-state index in [1.165, 1.54) is 0 Å². The molecule has 1 aromatic heterocycles. The Kier molecular flexibility index (Phi) is 4.16. The van der Waals surface area contributed by atoms with E-state index >= 15 is 0 Å². The number of ether oxygens (including phenoxy) is 1. The quantitative estimate of drug-likeness (QED) is 0.670. The van der Waals surface area contributed by atoms with Crippen molar-refractivity contribution in [3.05, 3.63) is 53.1 Å². The first-order valence-electron chi connectivity index (χ1n) is 6.11. The van der Waals surface area contributed by atoms with Crippen LogP contribution >= 0.6 is 12.2 Å². The molecule has 1 N–H and O–H groups in total. The Bertz CT molecular complexity index is 630. The number of aromatic nitrogens is 3. The SMILES string of the molecule is C=CCn1c([C@@H](C)Oc2cccc(C)c2)n[nH]c1=S. The van der Waals surface area contributed by atoms with Gasteiger partial charge in [0.05, 0.1) is 0 Å². The van der Waals surface area contributed by atoms with E-state index in [-0.39, 0.29) is 6.10 Å². The lowest BCUT2D eigenvalue weighted by Crippen LogP contribution is -2.11. The second-order valence-corrected chi connectivity index (χ2v) is 4.75. The number of allylic oxidation sites excluding steroid dienone is 1. The Morgan fingerprint density at radius 1 is 1.58 bits per heavy atom. The molecule has 0 radical (unpaired) electrons. The first-order valence-corrected chi connectivity index (χ1v) is 6.52. The topological polar surface area (TPSA) is 42.8 Å². The molecule has 100 valence electrons. The van der Waals surface area contributed by atoms with Gasteiger partial charge in [0.15, 0.2) is 16.7 Å². The van der Waals surface area contributed by atoms with E-state index in [4.69, 9.17) is 17.0 Å². The highest BCUT2D eigenvalue weighted by molar-refractivity contribution is 7.71. The summed E-state index contributed by atoms with van der Waals surface area (Å²) in [6.45, 7) is 8.32. The summed E-state index contributed by atoms with van der Waals surface area (Å²) < 4.78 is 8.35. The molecule has 2 aromatic rings. The van der Waals surface area contributed by atoms with Gasteiger partial charge in [-0.25, -0.2) is 0 Å². The van der Waals surface area contributed by atoms with Gasteiger partial charge < -0.3 is 4.74 Å². The molecular weight excluding hydrogens is 258 g/mol. The van der Waals surface area contributed by atoms with E-state index < -0.39 is 0 Å². The van der Waals surface area contributed by atoms with Crippen LogP contribution in [0.3, 0.4) is 0 Å². The Morgan fingerprint density at radius 3 is 3.05 bits per heavy atom. The van der Waals surface area contributed by atoms with Gasteiger partial charge >= 0.3 is 0 Å². The van der Waals surface area contributed by atoms with Crippen molar-refractivity contribution in [1.82, 2.24) is 14.8 Å². The fourth-order valence-corrected chi connectivity index (χ4v) is 2.10. The highest BCUT2D eigenvalue weighted by atomic mass is 32.1. The molecule has 2 rings (SSSR count). The van der Waals surface area contributed by atoms with Crippen molar-refractivity contribution in [2.24, 2.45) is 0 Å². The van der Waals surface area contributed by atoms with Gasteiger partial charge in [0, 0.05) is 6.54 Å². The van der Waals surface area contributed by atoms with Gasteiger partial charge in [-0.3, -0.25) is 9.67 Å². The van der Waals surface area contributed by atoms with Crippen LogP contribution < -0.4 is 4.74 Å². The zero-order valence-corrected chi connectivity index (χ0v) is 11.9. The van der Waals surface area contributed by atoms with Crippen LogP contribution in [-0.2, 0) is 6.54 Å². The molecule has 0 aliphatic heterocycles. The van der Waals surface area contributed by atoms with Crippen LogP contribution in [0.25, 0.3) is 0 Å². The molecule has 0 spiro atoms. The number of hydrogen-bond donors (Lipinski definition) is 1. The molecule has 4 nitrogen and oxygen atoms in total. The maximum atomic E-state index is 5.90. The van der Waals surface area contributed by atoms with Crippen LogP contribution in [0.5, 0.6) is 5.75 Å². The summed E-state index contributed by atoms with van der Waals surface area (Å²) in [5, 5.41) is 7.01. The van der Waals surface area contributed by atoms with Crippen molar-refractivity contribution in [2.45, 2.75) is 26.5 Å². The minimum absolute atomic E-state index is 0.185. The Labute approximate surface area is 117 Å². The molecule has 0 unspecified atom stereocenters. The molecule has 1 atom stereocenters. The number of nitrogens with one attached hydrogen (secondary N) is 1. The van der Waals surface area contributed by atoms with Gasteiger partial charge in [-0.15, -0.1) is 6.58 Å². The van der Waals surface area contributed by atoms with Crippen LogP contribution in [0, 0.1) is 11.7 Å². The van der Waals surface area contributed by atoms with Crippen molar-refractivity contribution in [3.63, 3.8) is 0 Å². The number of H-pyrrole nitrogens is 1. The van der Waals surface area contributed by atoms with Crippen LogP contribution in [0.4, 0.5) is 0 Å². The molecule has 0 fully saturated rings. The minimum atomic E-state index is -0.185. The number of benzene rings is 1. The predicted molar refractivity (Wildman–Crippen MR) is 77.8 cm³/mol. The molecule has 0 saturated heterocycles. The lowest BCUT2D eigenvalue weighted by atomic mass is 10.2. The maximum Gasteiger partial charge on any atom is 0.195 e. The number of hydrogen-bond acceptors (Lipinski definition) is 3. The summed E-state index contributed by atoms with van der Waals surface area (Å²) in [4.78, 5) is 0. The molecule has 1 aromatic carbocycles. The molecule has 0 saturated carbocycles. The van der Waals surface area contributed by atoms with E-state index in [0.717, 1.165) is 17.1 Å². The maximum absolute atomic E-state index is 5.90. The van der Waals surface area contributed by atoms with Crippen LogP contribution in [0.15, 0.2) is 36.9 Å². The van der Waals surface area contributed by atoms with Gasteiger partial charge in [0.1, 0.15) is 5.75 Å². The molecule has 0 aliphatic rings. The molecule has 19 heavy (non-hydrogen) atoms. The van der Waals surface area contributed by atoms with E-state index in [1.807, 2.05) is 42.7 Å². The minimum Gasteiger partial charge on any atom is -0.483 e.